The lowest BCUT2D eigenvalue weighted by atomic mass is 10.1. The van der Waals surface area contributed by atoms with Gasteiger partial charge in [0.25, 0.3) is 0 Å². The van der Waals surface area contributed by atoms with Gasteiger partial charge in [-0.3, -0.25) is 4.68 Å². The maximum atomic E-state index is 5.69. The van der Waals surface area contributed by atoms with Crippen molar-refractivity contribution in [1.82, 2.24) is 19.7 Å². The molecular formula is C11H15N5O. The summed E-state index contributed by atoms with van der Waals surface area (Å²) in [4.78, 5) is 8.31. The van der Waals surface area contributed by atoms with E-state index < -0.39 is 0 Å². The van der Waals surface area contributed by atoms with E-state index in [-0.39, 0.29) is 6.01 Å². The van der Waals surface area contributed by atoms with Crippen molar-refractivity contribution in [3.63, 3.8) is 0 Å². The summed E-state index contributed by atoms with van der Waals surface area (Å²) in [6, 6.07) is 2.25. The third-order valence-electron chi connectivity index (χ3n) is 2.41. The van der Waals surface area contributed by atoms with Crippen molar-refractivity contribution in [2.75, 3.05) is 0 Å². The molecule has 17 heavy (non-hydrogen) atoms. The Balaban J connectivity index is 2.37. The highest BCUT2D eigenvalue weighted by Crippen LogP contribution is 2.23. The van der Waals surface area contributed by atoms with E-state index >= 15 is 0 Å². The van der Waals surface area contributed by atoms with E-state index in [0.717, 1.165) is 16.8 Å². The second kappa shape index (κ2) is 4.50. The maximum Gasteiger partial charge on any atom is 0.342 e. The molecule has 0 spiro atoms. The Morgan fingerprint density at radius 3 is 2.76 bits per heavy atom. The van der Waals surface area contributed by atoms with Crippen molar-refractivity contribution in [3.05, 3.63) is 29.2 Å². The van der Waals surface area contributed by atoms with Crippen LogP contribution in [0.1, 0.15) is 16.8 Å². The molecule has 0 atom stereocenters. The van der Waals surface area contributed by atoms with Gasteiger partial charge in [0, 0.05) is 24.8 Å². The van der Waals surface area contributed by atoms with Crippen molar-refractivity contribution >= 4 is 0 Å². The fraction of sp³-hybridized carbons (Fsp3) is 0.364. The molecule has 0 unspecified atom stereocenters. The van der Waals surface area contributed by atoms with Crippen LogP contribution in [0.4, 0.5) is 0 Å². The molecule has 0 fully saturated rings. The number of rotatable bonds is 3. The minimum Gasteiger partial charge on any atom is -0.404 e. The minimum atomic E-state index is 0.278. The van der Waals surface area contributed by atoms with Gasteiger partial charge in [-0.05, 0) is 25.5 Å². The summed E-state index contributed by atoms with van der Waals surface area (Å²) < 4.78 is 7.12. The van der Waals surface area contributed by atoms with Crippen molar-refractivity contribution in [2.45, 2.75) is 20.4 Å². The molecular weight excluding hydrogens is 218 g/mol. The number of hydrogen-bond donors (Lipinski definition) is 1. The first kappa shape index (κ1) is 11.5. The Kier molecular flexibility index (Phi) is 3.06. The van der Waals surface area contributed by atoms with Crippen LogP contribution in [0.15, 0.2) is 12.4 Å². The van der Waals surface area contributed by atoms with Crippen LogP contribution in [0.5, 0.6) is 11.9 Å². The lowest BCUT2D eigenvalue weighted by Crippen LogP contribution is -2.05. The molecule has 2 heterocycles. The van der Waals surface area contributed by atoms with E-state index in [0.29, 0.717) is 12.4 Å². The van der Waals surface area contributed by atoms with Gasteiger partial charge in [-0.1, -0.05) is 0 Å². The predicted octanol–water partition coefficient (Wildman–Crippen LogP) is 1.08. The molecule has 2 N–H and O–H groups in total. The SMILES string of the molecule is Cc1cc(C)c(CN)c(Oc2ncn(C)n2)n1. The van der Waals surface area contributed by atoms with E-state index in [4.69, 9.17) is 10.5 Å². The molecule has 0 saturated heterocycles. The molecule has 0 amide bonds. The van der Waals surface area contributed by atoms with Gasteiger partial charge in [0.15, 0.2) is 0 Å². The molecule has 0 saturated carbocycles. The van der Waals surface area contributed by atoms with Crippen LogP contribution in [0.25, 0.3) is 0 Å². The highest BCUT2D eigenvalue weighted by Gasteiger charge is 2.11. The van der Waals surface area contributed by atoms with Crippen LogP contribution in [-0.4, -0.2) is 19.7 Å². The van der Waals surface area contributed by atoms with Crippen LogP contribution >= 0.6 is 0 Å². The average molecular weight is 233 g/mol. The highest BCUT2D eigenvalue weighted by atomic mass is 16.5. The lowest BCUT2D eigenvalue weighted by Gasteiger charge is -2.09. The van der Waals surface area contributed by atoms with Gasteiger partial charge in [0.2, 0.25) is 5.88 Å². The topological polar surface area (TPSA) is 78.9 Å². The number of ether oxygens (including phenoxy) is 1. The molecule has 2 aromatic rings. The summed E-state index contributed by atoms with van der Waals surface area (Å²) in [6.07, 6.45) is 1.57. The van der Waals surface area contributed by atoms with Crippen LogP contribution in [-0.2, 0) is 13.6 Å². The number of aromatic nitrogens is 4. The molecule has 0 aromatic carbocycles. The Morgan fingerprint density at radius 1 is 1.41 bits per heavy atom. The fourth-order valence-corrected chi connectivity index (χ4v) is 1.61. The number of pyridine rings is 1. The summed E-state index contributed by atoms with van der Waals surface area (Å²) in [7, 11) is 1.78. The monoisotopic (exact) mass is 233 g/mol. The first-order valence-electron chi connectivity index (χ1n) is 5.31. The Morgan fingerprint density at radius 2 is 2.18 bits per heavy atom. The van der Waals surface area contributed by atoms with Crippen molar-refractivity contribution < 1.29 is 4.74 Å². The van der Waals surface area contributed by atoms with E-state index in [1.54, 1.807) is 18.1 Å². The zero-order valence-corrected chi connectivity index (χ0v) is 10.1. The van der Waals surface area contributed by atoms with Crippen LogP contribution in [0, 0.1) is 13.8 Å². The van der Waals surface area contributed by atoms with E-state index in [2.05, 4.69) is 15.1 Å². The Hall–Kier alpha value is -1.95. The summed E-state index contributed by atoms with van der Waals surface area (Å²) >= 11 is 0. The standard InChI is InChI=1S/C11H15N5O/c1-7-4-8(2)14-10(9(7)5-12)17-11-13-6-16(3)15-11/h4,6H,5,12H2,1-3H3. The third-order valence-corrected chi connectivity index (χ3v) is 2.41. The largest absolute Gasteiger partial charge is 0.404 e. The molecule has 0 aliphatic heterocycles. The molecule has 0 aliphatic rings. The first-order chi connectivity index (χ1) is 8.10. The van der Waals surface area contributed by atoms with Gasteiger partial charge in [-0.15, -0.1) is 5.10 Å². The molecule has 0 radical (unpaired) electrons. The Labute approximate surface area is 99.4 Å². The van der Waals surface area contributed by atoms with Gasteiger partial charge < -0.3 is 10.5 Å². The smallest absolute Gasteiger partial charge is 0.342 e. The summed E-state index contributed by atoms with van der Waals surface area (Å²) in [5.74, 6) is 0.483. The number of aryl methyl sites for hydroxylation is 3. The highest BCUT2D eigenvalue weighted by molar-refractivity contribution is 5.36. The molecule has 6 nitrogen and oxygen atoms in total. The second-order valence-corrected chi connectivity index (χ2v) is 3.87. The molecule has 2 rings (SSSR count). The van der Waals surface area contributed by atoms with Gasteiger partial charge in [-0.2, -0.15) is 4.98 Å². The van der Waals surface area contributed by atoms with Crippen molar-refractivity contribution in [2.24, 2.45) is 12.8 Å². The number of hydrogen-bond acceptors (Lipinski definition) is 5. The van der Waals surface area contributed by atoms with Crippen molar-refractivity contribution in [3.8, 4) is 11.9 Å². The van der Waals surface area contributed by atoms with Crippen molar-refractivity contribution in [1.29, 1.82) is 0 Å². The maximum absolute atomic E-state index is 5.69. The Bertz CT molecular complexity index is 535. The predicted molar refractivity (Wildman–Crippen MR) is 62.7 cm³/mol. The van der Waals surface area contributed by atoms with E-state index in [1.165, 1.54) is 0 Å². The quantitative estimate of drug-likeness (QED) is 0.858. The van der Waals surface area contributed by atoms with Crippen LogP contribution < -0.4 is 10.5 Å². The van der Waals surface area contributed by atoms with Crippen LogP contribution in [0.3, 0.4) is 0 Å². The molecule has 0 aliphatic carbocycles. The van der Waals surface area contributed by atoms with Gasteiger partial charge in [0.05, 0.1) is 0 Å². The lowest BCUT2D eigenvalue weighted by molar-refractivity contribution is 0.416. The summed E-state index contributed by atoms with van der Waals surface area (Å²) in [6.45, 7) is 4.27. The zero-order chi connectivity index (χ0) is 12.4. The third kappa shape index (κ3) is 2.42. The normalized spacial score (nSPS) is 10.6. The molecule has 2 aromatic heterocycles. The molecule has 90 valence electrons. The average Bonchev–Trinajstić information content (AvgIpc) is 2.63. The van der Waals surface area contributed by atoms with E-state index in [9.17, 15) is 0 Å². The summed E-state index contributed by atoms with van der Waals surface area (Å²) in [5, 5.41) is 4.04. The van der Waals surface area contributed by atoms with E-state index in [1.807, 2.05) is 19.9 Å². The number of nitrogens with two attached hydrogens (primary N) is 1. The molecule has 0 bridgehead atoms. The second-order valence-electron chi connectivity index (χ2n) is 3.87. The zero-order valence-electron chi connectivity index (χ0n) is 10.1. The first-order valence-corrected chi connectivity index (χ1v) is 5.31. The fourth-order valence-electron chi connectivity index (χ4n) is 1.61. The number of nitrogens with zero attached hydrogens (tertiary/aromatic N) is 4. The van der Waals surface area contributed by atoms with Gasteiger partial charge >= 0.3 is 6.01 Å². The minimum absolute atomic E-state index is 0.278. The summed E-state index contributed by atoms with van der Waals surface area (Å²) in [5.41, 5.74) is 8.51. The molecule has 6 heteroatoms. The van der Waals surface area contributed by atoms with Gasteiger partial charge in [-0.25, -0.2) is 4.98 Å². The van der Waals surface area contributed by atoms with Gasteiger partial charge in [0.1, 0.15) is 6.33 Å². The van der Waals surface area contributed by atoms with Crippen LogP contribution in [0.2, 0.25) is 0 Å².